The van der Waals surface area contributed by atoms with E-state index in [-0.39, 0.29) is 36.0 Å². The van der Waals surface area contributed by atoms with Crippen LogP contribution in [-0.2, 0) is 30.3 Å². The first-order chi connectivity index (χ1) is 17.7. The Kier molecular flexibility index (Phi) is 11.4. The first kappa shape index (κ1) is 31.3. The van der Waals surface area contributed by atoms with Crippen molar-refractivity contribution in [3.05, 3.63) is 39.9 Å². The van der Waals surface area contributed by atoms with Gasteiger partial charge in [0.1, 0.15) is 23.9 Å². The number of ether oxygens (including phenoxy) is 1. The Labute approximate surface area is 233 Å². The Morgan fingerprint density at radius 3 is 2.29 bits per heavy atom. The van der Waals surface area contributed by atoms with Gasteiger partial charge in [-0.1, -0.05) is 31.6 Å². The Bertz CT molecular complexity index is 1070. The van der Waals surface area contributed by atoms with Crippen LogP contribution in [0.15, 0.2) is 34.3 Å². The van der Waals surface area contributed by atoms with Crippen molar-refractivity contribution in [1.82, 2.24) is 15.5 Å². The molecule has 0 radical (unpaired) electrons. The largest absolute Gasteiger partial charge is 0.507 e. The van der Waals surface area contributed by atoms with E-state index >= 15 is 0 Å². The molecule has 0 saturated carbocycles. The minimum absolute atomic E-state index is 0.00352. The molecule has 0 saturated heterocycles. The normalized spacial score (nSPS) is 30.3. The molecule has 0 bridgehead atoms. The zero-order chi connectivity index (χ0) is 28.7. The van der Waals surface area contributed by atoms with E-state index in [0.717, 1.165) is 5.57 Å². The summed E-state index contributed by atoms with van der Waals surface area (Å²) in [6, 6.07) is 2.03. The van der Waals surface area contributed by atoms with E-state index in [9.17, 15) is 24.3 Å². The summed E-state index contributed by atoms with van der Waals surface area (Å²) in [6.45, 7) is 10.7. The van der Waals surface area contributed by atoms with Crippen LogP contribution in [0.5, 0.6) is 5.75 Å². The first-order valence-corrected chi connectivity index (χ1v) is 13.7. The summed E-state index contributed by atoms with van der Waals surface area (Å²) < 4.78 is 6.08. The number of esters is 1. The number of carbonyl (C=O) groups excluding carboxylic acids is 4. The number of nitrogens with one attached hydrogen (secondary N) is 2. The summed E-state index contributed by atoms with van der Waals surface area (Å²) in [5, 5.41) is 15.6. The average molecular weight is 595 g/mol. The molecule has 1 aromatic carbocycles. The van der Waals surface area contributed by atoms with Crippen LogP contribution in [0.4, 0.5) is 0 Å². The maximum absolute atomic E-state index is 13.4. The number of cyclic esters (lactones) is 1. The van der Waals surface area contributed by atoms with Crippen molar-refractivity contribution in [2.24, 2.45) is 11.8 Å². The van der Waals surface area contributed by atoms with Gasteiger partial charge in [-0.15, -0.1) is 0 Å². The van der Waals surface area contributed by atoms with Crippen molar-refractivity contribution in [2.75, 3.05) is 7.05 Å². The zero-order valence-electron chi connectivity index (χ0n) is 23.2. The molecule has 1 aliphatic heterocycles. The molecule has 0 unspecified atom stereocenters. The topological polar surface area (TPSA) is 125 Å². The second-order valence-electron chi connectivity index (χ2n) is 10.5. The number of allylic oxidation sites excluding steroid dienone is 2. The van der Waals surface area contributed by atoms with Crippen LogP contribution < -0.4 is 10.6 Å². The highest BCUT2D eigenvalue weighted by Crippen LogP contribution is 2.25. The van der Waals surface area contributed by atoms with Gasteiger partial charge >= 0.3 is 5.97 Å². The highest BCUT2D eigenvalue weighted by atomic mass is 79.9. The molecule has 1 aromatic rings. The van der Waals surface area contributed by atoms with Gasteiger partial charge < -0.3 is 25.4 Å². The van der Waals surface area contributed by atoms with E-state index in [1.807, 2.05) is 13.8 Å². The van der Waals surface area contributed by atoms with Crippen molar-refractivity contribution in [3.8, 4) is 5.75 Å². The average Bonchev–Trinajstić information content (AvgIpc) is 2.82. The van der Waals surface area contributed by atoms with Gasteiger partial charge in [0.05, 0.1) is 10.6 Å². The molecule has 2 rings (SSSR count). The lowest BCUT2D eigenvalue weighted by atomic mass is 9.95. The molecule has 6 atom stereocenters. The summed E-state index contributed by atoms with van der Waals surface area (Å²) in [5.41, 5.74) is 1.65. The van der Waals surface area contributed by atoms with Crippen LogP contribution in [0, 0.1) is 11.8 Å². The fourth-order valence-corrected chi connectivity index (χ4v) is 4.88. The number of carbonyl (C=O) groups is 4. The number of hydrogen-bond donors (Lipinski definition) is 3. The lowest BCUT2D eigenvalue weighted by Gasteiger charge is -2.31. The van der Waals surface area contributed by atoms with E-state index in [4.69, 9.17) is 4.74 Å². The Hall–Kier alpha value is -2.88. The second-order valence-corrected chi connectivity index (χ2v) is 11.3. The number of phenolic OH excluding ortho intramolecular Hbond substituents is 1. The predicted molar refractivity (Wildman–Crippen MR) is 148 cm³/mol. The third-order valence-electron chi connectivity index (χ3n) is 6.66. The minimum Gasteiger partial charge on any atom is -0.507 e. The fraction of sp³-hybridized carbons (Fsp3) is 0.571. The monoisotopic (exact) mass is 593 g/mol. The van der Waals surface area contributed by atoms with Crippen molar-refractivity contribution < 1.29 is 29.0 Å². The van der Waals surface area contributed by atoms with Gasteiger partial charge in [0.2, 0.25) is 17.7 Å². The third-order valence-corrected chi connectivity index (χ3v) is 7.34. The third kappa shape index (κ3) is 8.85. The molecule has 3 amide bonds. The molecule has 0 spiro atoms. The summed E-state index contributed by atoms with van der Waals surface area (Å²) in [4.78, 5) is 53.6. The number of amides is 3. The second kappa shape index (κ2) is 13.8. The lowest BCUT2D eigenvalue weighted by molar-refractivity contribution is -0.153. The van der Waals surface area contributed by atoms with E-state index in [1.165, 1.54) is 24.9 Å². The number of rotatable bonds is 2. The predicted octanol–water partition coefficient (Wildman–Crippen LogP) is 3.48. The molecule has 1 aliphatic rings. The quantitative estimate of drug-likeness (QED) is 0.356. The summed E-state index contributed by atoms with van der Waals surface area (Å²) >= 11 is 3.24. The number of aromatic hydroxyl groups is 1. The van der Waals surface area contributed by atoms with E-state index in [0.29, 0.717) is 22.9 Å². The molecule has 0 aromatic heterocycles. The lowest BCUT2D eigenvalue weighted by Crippen LogP contribution is -2.56. The molecule has 38 heavy (non-hydrogen) atoms. The maximum Gasteiger partial charge on any atom is 0.328 e. The summed E-state index contributed by atoms with van der Waals surface area (Å²) in [6.07, 6.45) is 2.87. The molecule has 0 fully saturated rings. The first-order valence-electron chi connectivity index (χ1n) is 12.9. The number of hydrogen-bond acceptors (Lipinski definition) is 6. The Morgan fingerprint density at radius 2 is 1.66 bits per heavy atom. The van der Waals surface area contributed by atoms with Crippen molar-refractivity contribution >= 4 is 39.6 Å². The molecule has 3 N–H and O–H groups in total. The number of benzene rings is 1. The van der Waals surface area contributed by atoms with E-state index in [1.54, 1.807) is 32.9 Å². The van der Waals surface area contributed by atoms with Crippen molar-refractivity contribution in [2.45, 2.75) is 85.0 Å². The maximum atomic E-state index is 13.4. The van der Waals surface area contributed by atoms with Gasteiger partial charge in [0.25, 0.3) is 0 Å². The van der Waals surface area contributed by atoms with E-state index in [2.05, 4.69) is 32.6 Å². The molecule has 0 aliphatic carbocycles. The van der Waals surface area contributed by atoms with Gasteiger partial charge in [-0.3, -0.25) is 14.4 Å². The SMILES string of the molecule is C/C1=C\[C@H](C)C[C@H](C)OC(=O)[C@H](C)NC(=O)[C@@H](Cc2ccc(Br)c(O)c2)N(C)C(=O)[C@H](C)NC(=O)[C@@H](C)C1. The molecular weight excluding hydrogens is 554 g/mol. The molecule has 10 heteroatoms. The van der Waals surface area contributed by atoms with Gasteiger partial charge in [-0.2, -0.15) is 0 Å². The van der Waals surface area contributed by atoms with Gasteiger partial charge in [0, 0.05) is 19.4 Å². The minimum atomic E-state index is -1.02. The molecule has 1 heterocycles. The van der Waals surface area contributed by atoms with Crippen LogP contribution >= 0.6 is 15.9 Å². The van der Waals surface area contributed by atoms with Crippen LogP contribution in [0.25, 0.3) is 0 Å². The summed E-state index contributed by atoms with van der Waals surface area (Å²) in [5.74, 6) is -2.09. The number of phenols is 1. The van der Waals surface area contributed by atoms with Gasteiger partial charge in [-0.25, -0.2) is 4.79 Å². The fourth-order valence-electron chi connectivity index (χ4n) is 4.63. The number of nitrogens with zero attached hydrogens (tertiary/aromatic N) is 1. The molecular formula is C28H40BrN3O6. The molecule has 210 valence electrons. The van der Waals surface area contributed by atoms with Gasteiger partial charge in [0.15, 0.2) is 0 Å². The smallest absolute Gasteiger partial charge is 0.328 e. The number of halogens is 1. The molecule has 9 nitrogen and oxygen atoms in total. The van der Waals surface area contributed by atoms with Crippen LogP contribution in [0.1, 0.15) is 59.9 Å². The van der Waals surface area contributed by atoms with E-state index < -0.39 is 35.9 Å². The highest BCUT2D eigenvalue weighted by molar-refractivity contribution is 9.10. The van der Waals surface area contributed by atoms with Crippen molar-refractivity contribution in [1.29, 1.82) is 0 Å². The Balaban J connectivity index is 2.40. The zero-order valence-corrected chi connectivity index (χ0v) is 24.8. The highest BCUT2D eigenvalue weighted by Gasteiger charge is 2.33. The van der Waals surface area contributed by atoms with Crippen molar-refractivity contribution in [3.63, 3.8) is 0 Å². The van der Waals surface area contributed by atoms with Crippen LogP contribution in [-0.4, -0.2) is 65.0 Å². The van der Waals surface area contributed by atoms with Gasteiger partial charge in [-0.05, 0) is 80.1 Å². The Morgan fingerprint density at radius 1 is 1.03 bits per heavy atom. The number of likely N-dealkylation sites (N-methyl/N-ethyl adjacent to an activating group) is 1. The van der Waals surface area contributed by atoms with Crippen LogP contribution in [0.3, 0.4) is 0 Å². The standard InChI is InChI=1S/C28H40BrN3O6/c1-15-10-16(2)12-18(4)38-28(37)20(6)31-26(35)23(13-21-8-9-22(29)24(33)14-21)32(7)27(36)19(5)30-25(34)17(3)11-15/h8-10,14,16-20,23,33H,11-13H2,1-7H3,(H,30,34)(H,31,35)/b15-10+/t16-,17-,18-,19-,20-,23+/m0/s1. The summed E-state index contributed by atoms with van der Waals surface area (Å²) in [7, 11) is 1.48. The van der Waals surface area contributed by atoms with Crippen LogP contribution in [0.2, 0.25) is 0 Å².